The molecule has 1 aromatic carbocycles. The molecule has 1 saturated carbocycles. The molecule has 0 radical (unpaired) electrons. The first-order chi connectivity index (χ1) is 9.59. The van der Waals surface area contributed by atoms with Crippen LogP contribution in [-0.2, 0) is 11.2 Å². The standard InChI is InChI=1S/C18H20O2/c1-18-9-8-14-13-5-3-12(19)10-11(13)2-4-15(14)16(18)6-7-17(18)20/h3,5,10,16,19H,2,4,6-9H2,1H3/t16?,18-/m0/s1. The number of allylic oxidation sites excluding steroid dienone is 2. The normalized spacial score (nSPS) is 31.9. The number of aromatic hydroxyl groups is 1. The highest BCUT2D eigenvalue weighted by Crippen LogP contribution is 2.56. The summed E-state index contributed by atoms with van der Waals surface area (Å²) in [7, 11) is 0. The second-order valence-electron chi connectivity index (χ2n) is 6.78. The fourth-order valence-corrected chi connectivity index (χ4v) is 4.69. The lowest BCUT2D eigenvalue weighted by molar-refractivity contribution is -0.126. The fraction of sp³-hybridized carbons (Fsp3) is 0.500. The number of benzene rings is 1. The van der Waals surface area contributed by atoms with E-state index >= 15 is 0 Å². The highest BCUT2D eigenvalue weighted by Gasteiger charge is 2.50. The lowest BCUT2D eigenvalue weighted by Crippen LogP contribution is -2.34. The van der Waals surface area contributed by atoms with E-state index in [1.54, 1.807) is 11.6 Å². The van der Waals surface area contributed by atoms with Gasteiger partial charge in [-0.25, -0.2) is 0 Å². The average molecular weight is 268 g/mol. The number of rotatable bonds is 0. The van der Waals surface area contributed by atoms with Gasteiger partial charge in [0.25, 0.3) is 0 Å². The van der Waals surface area contributed by atoms with Crippen LogP contribution in [0.4, 0.5) is 0 Å². The van der Waals surface area contributed by atoms with Gasteiger partial charge in [0.2, 0.25) is 0 Å². The Morgan fingerprint density at radius 2 is 2.05 bits per heavy atom. The molecule has 0 amide bonds. The number of hydrogen-bond acceptors (Lipinski definition) is 2. The molecule has 2 atom stereocenters. The van der Waals surface area contributed by atoms with Gasteiger partial charge in [-0.05, 0) is 66.9 Å². The second kappa shape index (κ2) is 3.97. The summed E-state index contributed by atoms with van der Waals surface area (Å²) in [4.78, 5) is 12.2. The van der Waals surface area contributed by atoms with E-state index in [0.29, 0.717) is 17.5 Å². The maximum Gasteiger partial charge on any atom is 0.139 e. The Balaban J connectivity index is 1.85. The average Bonchev–Trinajstić information content (AvgIpc) is 2.74. The Hall–Kier alpha value is -1.57. The largest absolute Gasteiger partial charge is 0.508 e. The summed E-state index contributed by atoms with van der Waals surface area (Å²) in [6.07, 6.45) is 5.89. The maximum atomic E-state index is 12.2. The molecule has 1 unspecified atom stereocenters. The lowest BCUT2D eigenvalue weighted by Gasteiger charge is -2.40. The Kier molecular flexibility index (Phi) is 2.42. The van der Waals surface area contributed by atoms with Crippen LogP contribution in [0.1, 0.15) is 50.2 Å². The van der Waals surface area contributed by atoms with Crippen molar-refractivity contribution < 1.29 is 9.90 Å². The summed E-state index contributed by atoms with van der Waals surface area (Å²) in [6, 6.07) is 5.77. The number of Topliss-reactive ketones (excluding diaryl/α,β-unsaturated/α-hetero) is 1. The molecule has 4 rings (SSSR count). The Morgan fingerprint density at radius 3 is 2.90 bits per heavy atom. The molecule has 0 spiro atoms. The molecular weight excluding hydrogens is 248 g/mol. The quantitative estimate of drug-likeness (QED) is 0.775. The molecule has 3 aliphatic carbocycles. The fourth-order valence-electron chi connectivity index (χ4n) is 4.69. The summed E-state index contributed by atoms with van der Waals surface area (Å²) in [6.45, 7) is 2.18. The number of phenols is 1. The van der Waals surface area contributed by atoms with Crippen LogP contribution in [0.15, 0.2) is 23.8 Å². The van der Waals surface area contributed by atoms with Gasteiger partial charge in [-0.2, -0.15) is 0 Å². The van der Waals surface area contributed by atoms with Crippen LogP contribution in [0.2, 0.25) is 0 Å². The van der Waals surface area contributed by atoms with E-state index in [-0.39, 0.29) is 5.41 Å². The molecule has 0 bridgehead atoms. The van der Waals surface area contributed by atoms with E-state index in [0.717, 1.165) is 38.5 Å². The number of carbonyl (C=O) groups excluding carboxylic acids is 1. The van der Waals surface area contributed by atoms with Crippen LogP contribution >= 0.6 is 0 Å². The molecule has 0 aliphatic heterocycles. The van der Waals surface area contributed by atoms with Crippen LogP contribution < -0.4 is 0 Å². The van der Waals surface area contributed by atoms with Gasteiger partial charge in [-0.15, -0.1) is 0 Å². The molecule has 0 heterocycles. The monoisotopic (exact) mass is 268 g/mol. The molecule has 2 heteroatoms. The predicted octanol–water partition coefficient (Wildman–Crippen LogP) is 3.87. The van der Waals surface area contributed by atoms with Crippen LogP contribution in [0.25, 0.3) is 5.57 Å². The molecule has 20 heavy (non-hydrogen) atoms. The van der Waals surface area contributed by atoms with Gasteiger partial charge < -0.3 is 5.11 Å². The molecule has 1 N–H and O–H groups in total. The van der Waals surface area contributed by atoms with Crippen molar-refractivity contribution in [3.8, 4) is 5.75 Å². The number of fused-ring (bicyclic) bond motifs is 4. The number of ketones is 1. The van der Waals surface area contributed by atoms with Crippen molar-refractivity contribution >= 4 is 11.4 Å². The van der Waals surface area contributed by atoms with Crippen LogP contribution in [0.3, 0.4) is 0 Å². The molecule has 3 aliphatic rings. The number of carbonyl (C=O) groups is 1. The smallest absolute Gasteiger partial charge is 0.139 e. The van der Waals surface area contributed by atoms with Gasteiger partial charge >= 0.3 is 0 Å². The zero-order valence-electron chi connectivity index (χ0n) is 11.9. The van der Waals surface area contributed by atoms with Crippen molar-refractivity contribution in [2.24, 2.45) is 11.3 Å². The number of hydrogen-bond donors (Lipinski definition) is 1. The van der Waals surface area contributed by atoms with E-state index in [4.69, 9.17) is 0 Å². The summed E-state index contributed by atoms with van der Waals surface area (Å²) in [5.74, 6) is 1.32. The van der Waals surface area contributed by atoms with E-state index in [2.05, 4.69) is 13.0 Å². The molecule has 1 fully saturated rings. The van der Waals surface area contributed by atoms with E-state index in [1.807, 2.05) is 6.07 Å². The zero-order valence-corrected chi connectivity index (χ0v) is 11.9. The first-order valence-electron chi connectivity index (χ1n) is 7.67. The third-order valence-electron chi connectivity index (χ3n) is 5.85. The van der Waals surface area contributed by atoms with Gasteiger partial charge in [-0.1, -0.05) is 18.6 Å². The topological polar surface area (TPSA) is 37.3 Å². The summed E-state index contributed by atoms with van der Waals surface area (Å²) in [5.41, 5.74) is 5.53. The third-order valence-corrected chi connectivity index (χ3v) is 5.85. The Bertz CT molecular complexity index is 641. The van der Waals surface area contributed by atoms with Crippen LogP contribution in [0.5, 0.6) is 5.75 Å². The minimum atomic E-state index is -0.0900. The van der Waals surface area contributed by atoms with E-state index in [9.17, 15) is 9.90 Å². The molecule has 104 valence electrons. The first-order valence-corrected chi connectivity index (χ1v) is 7.67. The van der Waals surface area contributed by atoms with E-state index in [1.165, 1.54) is 16.7 Å². The molecule has 0 saturated heterocycles. The molecule has 2 nitrogen and oxygen atoms in total. The minimum Gasteiger partial charge on any atom is -0.508 e. The minimum absolute atomic E-state index is 0.0900. The highest BCUT2D eigenvalue weighted by molar-refractivity contribution is 5.90. The molecule has 1 aromatic rings. The van der Waals surface area contributed by atoms with Gasteiger partial charge in [0.15, 0.2) is 0 Å². The van der Waals surface area contributed by atoms with Crippen LogP contribution in [0, 0.1) is 11.3 Å². The molecule has 0 aromatic heterocycles. The highest BCUT2D eigenvalue weighted by atomic mass is 16.3. The van der Waals surface area contributed by atoms with Crippen molar-refractivity contribution in [2.45, 2.75) is 45.4 Å². The van der Waals surface area contributed by atoms with Crippen molar-refractivity contribution in [2.75, 3.05) is 0 Å². The summed E-state index contributed by atoms with van der Waals surface area (Å²) < 4.78 is 0. The van der Waals surface area contributed by atoms with Crippen LogP contribution in [-0.4, -0.2) is 10.9 Å². The van der Waals surface area contributed by atoms with Gasteiger partial charge in [0.05, 0.1) is 0 Å². The zero-order chi connectivity index (χ0) is 13.9. The lowest BCUT2D eigenvalue weighted by atomic mass is 9.63. The Labute approximate surface area is 119 Å². The van der Waals surface area contributed by atoms with Gasteiger partial charge in [0.1, 0.15) is 11.5 Å². The van der Waals surface area contributed by atoms with E-state index < -0.39 is 0 Å². The van der Waals surface area contributed by atoms with Gasteiger partial charge in [-0.3, -0.25) is 4.79 Å². The second-order valence-corrected chi connectivity index (χ2v) is 6.78. The number of phenolic OH excluding ortho intramolecular Hbond substituents is 1. The van der Waals surface area contributed by atoms with Gasteiger partial charge in [0, 0.05) is 11.8 Å². The third kappa shape index (κ3) is 1.48. The summed E-state index contributed by atoms with van der Waals surface area (Å²) >= 11 is 0. The van der Waals surface area contributed by atoms with Crippen molar-refractivity contribution in [1.82, 2.24) is 0 Å². The SMILES string of the molecule is C[C@]12CCC3=C(CCc4cc(O)ccc43)C1CCC2=O. The number of aryl methyl sites for hydroxylation is 1. The van der Waals surface area contributed by atoms with Crippen molar-refractivity contribution in [3.05, 3.63) is 34.9 Å². The maximum absolute atomic E-state index is 12.2. The first kappa shape index (κ1) is 12.2. The summed E-state index contributed by atoms with van der Waals surface area (Å²) in [5, 5.41) is 9.65. The molecular formula is C18H20O2. The predicted molar refractivity (Wildman–Crippen MR) is 78.4 cm³/mol. The van der Waals surface area contributed by atoms with Crippen molar-refractivity contribution in [3.63, 3.8) is 0 Å². The Morgan fingerprint density at radius 1 is 1.20 bits per heavy atom. The van der Waals surface area contributed by atoms with Crippen molar-refractivity contribution in [1.29, 1.82) is 0 Å².